The summed E-state index contributed by atoms with van der Waals surface area (Å²) in [5.41, 5.74) is 1.78. The number of carbonyl (C=O) groups is 2. The molecule has 154 valence electrons. The third-order valence-electron chi connectivity index (χ3n) is 4.26. The van der Waals surface area contributed by atoms with Crippen molar-refractivity contribution in [3.05, 3.63) is 77.2 Å². The number of esters is 1. The first kappa shape index (κ1) is 21.4. The van der Waals surface area contributed by atoms with E-state index in [1.807, 2.05) is 37.3 Å². The highest BCUT2D eigenvalue weighted by Crippen LogP contribution is 2.35. The number of thioether (sulfide) groups is 1. The van der Waals surface area contributed by atoms with E-state index in [4.69, 9.17) is 9.47 Å². The number of likely N-dealkylation sites (N-methyl/N-ethyl adjacent to an activating group) is 1. The van der Waals surface area contributed by atoms with Gasteiger partial charge in [0.05, 0.1) is 23.3 Å². The molecule has 0 atom stereocenters. The lowest BCUT2D eigenvalue weighted by Crippen LogP contribution is -2.28. The van der Waals surface area contributed by atoms with Gasteiger partial charge in [-0.1, -0.05) is 36.9 Å². The van der Waals surface area contributed by atoms with Crippen LogP contribution in [0.15, 0.2) is 71.1 Å². The van der Waals surface area contributed by atoms with Gasteiger partial charge in [0.15, 0.2) is 5.17 Å². The molecule has 1 aliphatic heterocycles. The minimum atomic E-state index is -0.434. The lowest BCUT2D eigenvalue weighted by molar-refractivity contribution is -0.122. The van der Waals surface area contributed by atoms with E-state index in [0.29, 0.717) is 40.2 Å². The normalized spacial score (nSPS) is 16.2. The quantitative estimate of drug-likeness (QED) is 0.369. The zero-order chi connectivity index (χ0) is 21.5. The third-order valence-corrected chi connectivity index (χ3v) is 5.27. The highest BCUT2D eigenvalue weighted by molar-refractivity contribution is 8.18. The number of rotatable bonds is 7. The van der Waals surface area contributed by atoms with E-state index >= 15 is 0 Å². The van der Waals surface area contributed by atoms with Crippen LogP contribution in [0.2, 0.25) is 0 Å². The monoisotopic (exact) mass is 422 g/mol. The molecule has 0 radical (unpaired) electrons. The molecule has 1 amide bonds. The van der Waals surface area contributed by atoms with Crippen molar-refractivity contribution in [3.8, 4) is 5.75 Å². The molecule has 0 bridgehead atoms. The summed E-state index contributed by atoms with van der Waals surface area (Å²) >= 11 is 1.29. The van der Waals surface area contributed by atoms with Crippen LogP contribution >= 0.6 is 11.8 Å². The summed E-state index contributed by atoms with van der Waals surface area (Å²) in [5.74, 6) is 0.123. The van der Waals surface area contributed by atoms with E-state index in [2.05, 4.69) is 11.6 Å². The summed E-state index contributed by atoms with van der Waals surface area (Å²) in [4.78, 5) is 31.4. The summed E-state index contributed by atoms with van der Waals surface area (Å²) in [6.45, 7) is 6.42. The van der Waals surface area contributed by atoms with E-state index in [0.717, 1.165) is 5.56 Å². The molecule has 0 aliphatic carbocycles. The molecule has 1 heterocycles. The van der Waals surface area contributed by atoms with Crippen LogP contribution in [0.3, 0.4) is 0 Å². The Morgan fingerprint density at radius 3 is 2.77 bits per heavy atom. The molecule has 0 aromatic heterocycles. The number of hydrogen-bond acceptors (Lipinski definition) is 6. The third kappa shape index (κ3) is 4.80. The smallest absolute Gasteiger partial charge is 0.337 e. The van der Waals surface area contributed by atoms with Crippen molar-refractivity contribution in [1.82, 2.24) is 4.90 Å². The van der Waals surface area contributed by atoms with Gasteiger partial charge in [-0.2, -0.15) is 0 Å². The van der Waals surface area contributed by atoms with Gasteiger partial charge in [-0.05, 0) is 49.0 Å². The molecular weight excluding hydrogens is 400 g/mol. The maximum Gasteiger partial charge on any atom is 0.337 e. The average molecular weight is 423 g/mol. The Morgan fingerprint density at radius 1 is 1.23 bits per heavy atom. The lowest BCUT2D eigenvalue weighted by Gasteiger charge is -2.12. The molecule has 6 nitrogen and oxygen atoms in total. The van der Waals surface area contributed by atoms with Crippen LogP contribution in [-0.2, 0) is 9.53 Å². The zero-order valence-electron chi connectivity index (χ0n) is 16.8. The molecule has 1 fully saturated rings. The minimum absolute atomic E-state index is 0.121. The fourth-order valence-corrected chi connectivity index (χ4v) is 3.88. The number of ether oxygens (including phenoxy) is 2. The highest BCUT2D eigenvalue weighted by Gasteiger charge is 2.32. The molecule has 7 heteroatoms. The van der Waals surface area contributed by atoms with Gasteiger partial charge in [-0.25, -0.2) is 9.79 Å². The average Bonchev–Trinajstić information content (AvgIpc) is 3.06. The largest absolute Gasteiger partial charge is 0.489 e. The first-order chi connectivity index (χ1) is 14.6. The molecule has 1 aliphatic rings. The van der Waals surface area contributed by atoms with Crippen LogP contribution < -0.4 is 4.74 Å². The van der Waals surface area contributed by atoms with Crippen molar-refractivity contribution in [1.29, 1.82) is 0 Å². The van der Waals surface area contributed by atoms with E-state index in [9.17, 15) is 9.59 Å². The SMILES string of the molecule is C=CCOc1ccccc1C=C1SC(=Nc2cccc(C(=O)OC)c2)N(CC)C1=O. The molecule has 2 aromatic carbocycles. The van der Waals surface area contributed by atoms with Gasteiger partial charge in [0.25, 0.3) is 5.91 Å². The Balaban J connectivity index is 1.93. The highest BCUT2D eigenvalue weighted by atomic mass is 32.2. The standard InChI is InChI=1S/C23H22N2O4S/c1-4-13-29-19-12-7-6-9-16(19)15-20-21(26)25(5-2)23(30-20)24-18-11-8-10-17(14-18)22(27)28-3/h4,6-12,14-15H,1,5,13H2,2-3H3. The van der Waals surface area contributed by atoms with E-state index in [1.165, 1.54) is 18.9 Å². The number of carbonyl (C=O) groups excluding carboxylic acids is 2. The maximum atomic E-state index is 12.9. The van der Waals surface area contributed by atoms with Crippen molar-refractivity contribution >= 4 is 40.6 Å². The maximum absolute atomic E-state index is 12.9. The fourth-order valence-electron chi connectivity index (χ4n) is 2.82. The molecule has 0 unspecified atom stereocenters. The Labute approximate surface area is 179 Å². The van der Waals surface area contributed by atoms with Crippen molar-refractivity contribution in [3.63, 3.8) is 0 Å². The molecule has 2 aromatic rings. The van der Waals surface area contributed by atoms with E-state index in [-0.39, 0.29) is 5.91 Å². The Hall–Kier alpha value is -3.32. The summed E-state index contributed by atoms with van der Waals surface area (Å²) in [6, 6.07) is 14.3. The van der Waals surface area contributed by atoms with Crippen molar-refractivity contribution < 1.29 is 19.1 Å². The van der Waals surface area contributed by atoms with Crippen LogP contribution in [0.4, 0.5) is 5.69 Å². The predicted octanol–water partition coefficient (Wildman–Crippen LogP) is 4.66. The topological polar surface area (TPSA) is 68.2 Å². The van der Waals surface area contributed by atoms with Gasteiger partial charge in [-0.15, -0.1) is 0 Å². The number of nitrogens with zero attached hydrogens (tertiary/aromatic N) is 2. The van der Waals surface area contributed by atoms with Gasteiger partial charge >= 0.3 is 5.97 Å². The number of amidine groups is 1. The molecule has 0 N–H and O–H groups in total. The molecular formula is C23H22N2O4S. The second kappa shape index (κ2) is 9.93. The number of aliphatic imine (C=N–C) groups is 1. The number of amides is 1. The van der Waals surface area contributed by atoms with E-state index < -0.39 is 5.97 Å². The first-order valence-electron chi connectivity index (χ1n) is 9.38. The van der Waals surface area contributed by atoms with Gasteiger partial charge in [0, 0.05) is 12.1 Å². The van der Waals surface area contributed by atoms with Crippen LogP contribution in [0.25, 0.3) is 6.08 Å². The van der Waals surface area contributed by atoms with Crippen molar-refractivity contribution in [2.75, 3.05) is 20.3 Å². The lowest BCUT2D eigenvalue weighted by atomic mass is 10.2. The fraction of sp³-hybridized carbons (Fsp3) is 0.174. The van der Waals surface area contributed by atoms with Crippen LogP contribution in [-0.4, -0.2) is 42.2 Å². The second-order valence-electron chi connectivity index (χ2n) is 6.23. The minimum Gasteiger partial charge on any atom is -0.489 e. The van der Waals surface area contributed by atoms with Crippen LogP contribution in [0.5, 0.6) is 5.75 Å². The Bertz CT molecular complexity index is 1030. The number of para-hydroxylation sites is 1. The number of methoxy groups -OCH3 is 1. The molecule has 0 saturated carbocycles. The Kier molecular flexibility index (Phi) is 7.08. The van der Waals surface area contributed by atoms with E-state index in [1.54, 1.807) is 35.2 Å². The first-order valence-corrected chi connectivity index (χ1v) is 10.2. The number of hydrogen-bond donors (Lipinski definition) is 0. The van der Waals surface area contributed by atoms with Gasteiger partial charge in [0.1, 0.15) is 12.4 Å². The molecule has 1 saturated heterocycles. The summed E-state index contributed by atoms with van der Waals surface area (Å²) in [7, 11) is 1.33. The zero-order valence-corrected chi connectivity index (χ0v) is 17.6. The van der Waals surface area contributed by atoms with Crippen LogP contribution in [0, 0.1) is 0 Å². The Morgan fingerprint density at radius 2 is 2.03 bits per heavy atom. The molecule has 3 rings (SSSR count). The summed E-state index contributed by atoms with van der Waals surface area (Å²) < 4.78 is 10.4. The second-order valence-corrected chi connectivity index (χ2v) is 7.24. The summed E-state index contributed by atoms with van der Waals surface area (Å²) in [5, 5.41) is 0.556. The van der Waals surface area contributed by atoms with Crippen LogP contribution in [0.1, 0.15) is 22.8 Å². The number of benzene rings is 2. The van der Waals surface area contributed by atoms with Crippen molar-refractivity contribution in [2.45, 2.75) is 6.92 Å². The van der Waals surface area contributed by atoms with Gasteiger partial charge in [-0.3, -0.25) is 9.69 Å². The predicted molar refractivity (Wildman–Crippen MR) is 120 cm³/mol. The van der Waals surface area contributed by atoms with Gasteiger partial charge < -0.3 is 9.47 Å². The van der Waals surface area contributed by atoms with Gasteiger partial charge in [0.2, 0.25) is 0 Å². The molecule has 30 heavy (non-hydrogen) atoms. The molecule has 0 spiro atoms. The van der Waals surface area contributed by atoms with Crippen molar-refractivity contribution in [2.24, 2.45) is 4.99 Å². The summed E-state index contributed by atoms with van der Waals surface area (Å²) in [6.07, 6.45) is 3.48.